The Bertz CT molecular complexity index is 675. The Balaban J connectivity index is 2.73. The quantitative estimate of drug-likeness (QED) is 0.476. The van der Waals surface area contributed by atoms with Crippen LogP contribution in [0.5, 0.6) is 0 Å². The second-order valence-corrected chi connectivity index (χ2v) is 7.00. The molecule has 1 unspecified atom stereocenters. The number of fused-ring (bicyclic) bond motifs is 1. The summed E-state index contributed by atoms with van der Waals surface area (Å²) in [4.78, 5) is 36.3. The number of hydrogen-bond donors (Lipinski definition) is 0. The van der Waals surface area contributed by atoms with Gasteiger partial charge in [-0.2, -0.15) is 0 Å². The van der Waals surface area contributed by atoms with E-state index in [9.17, 15) is 19.7 Å². The highest BCUT2D eigenvalue weighted by Gasteiger charge is 2.50. The number of imide groups is 1. The van der Waals surface area contributed by atoms with Crippen LogP contribution in [0, 0.1) is 10.1 Å². The fourth-order valence-electron chi connectivity index (χ4n) is 2.82. The Morgan fingerprint density at radius 2 is 1.86 bits per heavy atom. The van der Waals surface area contributed by atoms with Crippen molar-refractivity contribution in [1.82, 2.24) is 4.90 Å². The molecule has 6 heteroatoms. The number of nitro groups is 1. The van der Waals surface area contributed by atoms with Gasteiger partial charge in [0.25, 0.3) is 5.91 Å². The molecule has 2 rings (SSSR count). The van der Waals surface area contributed by atoms with Gasteiger partial charge in [-0.15, -0.1) is 0 Å². The first-order valence-electron chi connectivity index (χ1n) is 7.08. The Hall–Kier alpha value is -2.24. The summed E-state index contributed by atoms with van der Waals surface area (Å²) in [5.41, 5.74) is 0.234. The molecule has 0 aliphatic carbocycles. The van der Waals surface area contributed by atoms with Gasteiger partial charge in [0.2, 0.25) is 12.5 Å². The highest BCUT2D eigenvalue weighted by atomic mass is 16.6. The lowest BCUT2D eigenvalue weighted by Gasteiger charge is -2.36. The molecule has 22 heavy (non-hydrogen) atoms. The fourth-order valence-corrected chi connectivity index (χ4v) is 2.82. The van der Waals surface area contributed by atoms with E-state index in [1.54, 1.807) is 12.1 Å². The summed E-state index contributed by atoms with van der Waals surface area (Å²) in [6.07, 6.45) is 0. The molecule has 1 aliphatic heterocycles. The van der Waals surface area contributed by atoms with Crippen molar-refractivity contribution in [3.05, 3.63) is 45.0 Å². The first-order valence-corrected chi connectivity index (χ1v) is 7.08. The summed E-state index contributed by atoms with van der Waals surface area (Å²) in [6.45, 7) is 7.03. The van der Waals surface area contributed by atoms with Crippen molar-refractivity contribution >= 4 is 11.8 Å². The van der Waals surface area contributed by atoms with Gasteiger partial charge in [-0.1, -0.05) is 32.9 Å². The number of likely N-dealkylation sites (N-methyl/N-ethyl adjacent to an activating group) is 1. The molecule has 0 spiro atoms. The zero-order valence-corrected chi connectivity index (χ0v) is 13.5. The second kappa shape index (κ2) is 4.90. The summed E-state index contributed by atoms with van der Waals surface area (Å²) in [6, 6.07) is 5.27. The largest absolute Gasteiger partial charge is 0.281 e. The average molecular weight is 304 g/mol. The van der Waals surface area contributed by atoms with E-state index in [-0.39, 0.29) is 5.41 Å². The Morgan fingerprint density at radius 3 is 2.36 bits per heavy atom. The smallest absolute Gasteiger partial charge is 0.260 e. The number of carbonyl (C=O) groups excluding carboxylic acids is 2. The van der Waals surface area contributed by atoms with Crippen LogP contribution in [0.4, 0.5) is 0 Å². The van der Waals surface area contributed by atoms with E-state index >= 15 is 0 Å². The second-order valence-electron chi connectivity index (χ2n) is 7.00. The summed E-state index contributed by atoms with van der Waals surface area (Å²) in [5.74, 6) is -0.950. The molecule has 6 nitrogen and oxygen atoms in total. The number of rotatable bonds is 2. The van der Waals surface area contributed by atoms with Gasteiger partial charge in [0.15, 0.2) is 0 Å². The minimum Gasteiger partial charge on any atom is -0.281 e. The van der Waals surface area contributed by atoms with E-state index in [1.807, 2.05) is 26.8 Å². The minimum atomic E-state index is -1.33. The highest BCUT2D eigenvalue weighted by Crippen LogP contribution is 2.37. The van der Waals surface area contributed by atoms with Crippen LogP contribution in [0.25, 0.3) is 0 Å². The highest BCUT2D eigenvalue weighted by molar-refractivity contribution is 6.12. The standard InChI is InChI=1S/C16H20N2O4/c1-15(2,3)10-6-7-11-12(8-10)16(4,9-18(21)22)14(20)17(5)13(11)19/h6-8H,9H2,1-5H3. The monoisotopic (exact) mass is 304 g/mol. The molecule has 0 N–H and O–H groups in total. The van der Waals surface area contributed by atoms with Crippen molar-refractivity contribution in [2.75, 3.05) is 13.6 Å². The van der Waals surface area contributed by atoms with Crippen LogP contribution in [0.2, 0.25) is 0 Å². The van der Waals surface area contributed by atoms with Crippen LogP contribution in [0.15, 0.2) is 18.2 Å². The molecule has 118 valence electrons. The topological polar surface area (TPSA) is 80.5 Å². The van der Waals surface area contributed by atoms with E-state index in [1.165, 1.54) is 14.0 Å². The van der Waals surface area contributed by atoms with Crippen LogP contribution >= 0.6 is 0 Å². The van der Waals surface area contributed by atoms with Crippen molar-refractivity contribution in [3.8, 4) is 0 Å². The van der Waals surface area contributed by atoms with Crippen molar-refractivity contribution in [2.45, 2.75) is 38.5 Å². The van der Waals surface area contributed by atoms with Gasteiger partial charge in [-0.05, 0) is 29.5 Å². The molecule has 2 amide bonds. The Kier molecular flexibility index (Phi) is 3.59. The maximum absolute atomic E-state index is 12.5. The van der Waals surface area contributed by atoms with Gasteiger partial charge >= 0.3 is 0 Å². The van der Waals surface area contributed by atoms with Crippen LogP contribution in [0.1, 0.15) is 49.2 Å². The predicted molar refractivity (Wildman–Crippen MR) is 81.5 cm³/mol. The summed E-state index contributed by atoms with van der Waals surface area (Å²) in [5, 5.41) is 11.0. The van der Waals surface area contributed by atoms with Gasteiger partial charge < -0.3 is 0 Å². The minimum absolute atomic E-state index is 0.181. The van der Waals surface area contributed by atoms with E-state index < -0.39 is 28.7 Å². The molecule has 0 saturated heterocycles. The summed E-state index contributed by atoms with van der Waals surface area (Å²) < 4.78 is 0. The van der Waals surface area contributed by atoms with Crippen LogP contribution in [0.3, 0.4) is 0 Å². The molecule has 1 atom stereocenters. The molecule has 0 saturated carbocycles. The molecular formula is C16H20N2O4. The molecule has 0 bridgehead atoms. The molecule has 1 aromatic rings. The molecule has 0 fully saturated rings. The first kappa shape index (κ1) is 16.1. The van der Waals surface area contributed by atoms with Gasteiger partial charge in [0.1, 0.15) is 5.41 Å². The van der Waals surface area contributed by atoms with E-state index in [0.29, 0.717) is 11.1 Å². The first-order chi connectivity index (χ1) is 9.98. The number of amides is 2. The molecule has 1 aliphatic rings. The fraction of sp³-hybridized carbons (Fsp3) is 0.500. The zero-order valence-electron chi connectivity index (χ0n) is 13.5. The lowest BCUT2D eigenvalue weighted by Crippen LogP contribution is -2.54. The van der Waals surface area contributed by atoms with Gasteiger partial charge in [-0.3, -0.25) is 24.6 Å². The third-order valence-electron chi connectivity index (χ3n) is 4.24. The SMILES string of the molecule is CN1C(=O)c2ccc(C(C)(C)C)cc2C(C)(C[N+](=O)[O-])C1=O. The van der Waals surface area contributed by atoms with E-state index in [0.717, 1.165) is 10.5 Å². The number of benzene rings is 1. The molecule has 0 radical (unpaired) electrons. The normalized spacial score (nSPS) is 21.8. The molecule has 1 aromatic carbocycles. The van der Waals surface area contributed by atoms with Gasteiger partial charge in [0.05, 0.1) is 0 Å². The maximum atomic E-state index is 12.5. The van der Waals surface area contributed by atoms with Crippen molar-refractivity contribution in [1.29, 1.82) is 0 Å². The van der Waals surface area contributed by atoms with Crippen molar-refractivity contribution in [3.63, 3.8) is 0 Å². The zero-order chi connectivity index (χ0) is 16.9. The predicted octanol–water partition coefficient (Wildman–Crippen LogP) is 2.13. The van der Waals surface area contributed by atoms with Crippen LogP contribution in [-0.2, 0) is 15.6 Å². The lowest BCUT2D eigenvalue weighted by atomic mass is 9.73. The Labute approximate surface area is 129 Å². The maximum Gasteiger partial charge on any atom is 0.260 e. The lowest BCUT2D eigenvalue weighted by molar-refractivity contribution is -0.487. The van der Waals surface area contributed by atoms with Crippen LogP contribution in [-0.4, -0.2) is 35.2 Å². The molecule has 1 heterocycles. The van der Waals surface area contributed by atoms with E-state index in [4.69, 9.17) is 0 Å². The number of nitrogens with zero attached hydrogens (tertiary/aromatic N) is 2. The average Bonchev–Trinajstić information content (AvgIpc) is 2.41. The number of carbonyl (C=O) groups is 2. The molecular weight excluding hydrogens is 284 g/mol. The van der Waals surface area contributed by atoms with Gasteiger partial charge in [-0.25, -0.2) is 0 Å². The van der Waals surface area contributed by atoms with Gasteiger partial charge in [0, 0.05) is 17.5 Å². The van der Waals surface area contributed by atoms with Crippen molar-refractivity contribution in [2.24, 2.45) is 0 Å². The van der Waals surface area contributed by atoms with Crippen LogP contribution < -0.4 is 0 Å². The third kappa shape index (κ3) is 2.38. The summed E-state index contributed by atoms with van der Waals surface area (Å²) in [7, 11) is 1.36. The Morgan fingerprint density at radius 1 is 1.27 bits per heavy atom. The summed E-state index contributed by atoms with van der Waals surface area (Å²) >= 11 is 0. The van der Waals surface area contributed by atoms with Crippen molar-refractivity contribution < 1.29 is 14.5 Å². The van der Waals surface area contributed by atoms with E-state index in [2.05, 4.69) is 0 Å². The number of hydrogen-bond acceptors (Lipinski definition) is 4. The third-order valence-corrected chi connectivity index (χ3v) is 4.24. The molecule has 0 aromatic heterocycles.